The Hall–Kier alpha value is -2.41. The first-order valence-electron chi connectivity index (χ1n) is 8.79. The lowest BCUT2D eigenvalue weighted by molar-refractivity contribution is -0.130. The second-order valence-corrected chi connectivity index (χ2v) is 8.08. The molecule has 1 aromatic carbocycles. The van der Waals surface area contributed by atoms with Gasteiger partial charge in [-0.1, -0.05) is 44.2 Å². The van der Waals surface area contributed by atoms with Gasteiger partial charge in [-0.15, -0.1) is 0 Å². The molecular formula is C20H24N2O4S. The molecule has 27 heavy (non-hydrogen) atoms. The topological polar surface area (TPSA) is 83.6 Å². The largest absolute Gasteiger partial charge is 0.354 e. The standard InChI is InChI=1S/C20H24N2O4S/c1-14(23)9-10-20(2,3)18(25)21-11-12-22-17(24)16(27-19(22)26)13-15-7-5-4-6-8-15/h4-8,13H,9-12H2,1-3H3,(H,21,25)/b16-13+. The van der Waals surface area contributed by atoms with Gasteiger partial charge in [0.05, 0.1) is 4.91 Å². The van der Waals surface area contributed by atoms with E-state index in [4.69, 9.17) is 0 Å². The summed E-state index contributed by atoms with van der Waals surface area (Å²) in [6.07, 6.45) is 2.48. The predicted molar refractivity (Wildman–Crippen MR) is 106 cm³/mol. The third kappa shape index (κ3) is 5.79. The highest BCUT2D eigenvalue weighted by molar-refractivity contribution is 8.18. The quantitative estimate of drug-likeness (QED) is 0.691. The van der Waals surface area contributed by atoms with Gasteiger partial charge in [0.25, 0.3) is 11.1 Å². The molecule has 0 unspecified atom stereocenters. The zero-order chi connectivity index (χ0) is 20.0. The summed E-state index contributed by atoms with van der Waals surface area (Å²) in [6.45, 7) is 5.34. The number of nitrogens with one attached hydrogen (secondary N) is 1. The molecule has 1 heterocycles. The third-order valence-corrected chi connectivity index (χ3v) is 5.22. The van der Waals surface area contributed by atoms with Crippen LogP contribution >= 0.6 is 11.8 Å². The van der Waals surface area contributed by atoms with E-state index in [9.17, 15) is 19.2 Å². The molecule has 0 aliphatic carbocycles. The van der Waals surface area contributed by atoms with E-state index >= 15 is 0 Å². The van der Waals surface area contributed by atoms with Crippen molar-refractivity contribution in [3.63, 3.8) is 0 Å². The summed E-state index contributed by atoms with van der Waals surface area (Å²) in [4.78, 5) is 49.5. The Bertz CT molecular complexity index is 771. The number of nitrogens with zero attached hydrogens (tertiary/aromatic N) is 1. The third-order valence-electron chi connectivity index (χ3n) is 4.31. The molecule has 1 aliphatic rings. The van der Waals surface area contributed by atoms with Gasteiger partial charge in [-0.3, -0.25) is 19.3 Å². The van der Waals surface area contributed by atoms with Crippen LogP contribution in [0.4, 0.5) is 4.79 Å². The molecule has 0 spiro atoms. The highest BCUT2D eigenvalue weighted by atomic mass is 32.2. The van der Waals surface area contributed by atoms with E-state index in [2.05, 4.69) is 5.32 Å². The van der Waals surface area contributed by atoms with Crippen molar-refractivity contribution in [2.75, 3.05) is 13.1 Å². The molecule has 3 amide bonds. The van der Waals surface area contributed by atoms with Crippen molar-refractivity contribution < 1.29 is 19.2 Å². The number of hydrogen-bond donors (Lipinski definition) is 1. The fourth-order valence-corrected chi connectivity index (χ4v) is 3.38. The van der Waals surface area contributed by atoms with Gasteiger partial charge in [-0.05, 0) is 36.7 Å². The number of benzene rings is 1. The number of rotatable bonds is 8. The highest BCUT2D eigenvalue weighted by Gasteiger charge is 2.35. The van der Waals surface area contributed by atoms with Crippen LogP contribution in [0.2, 0.25) is 0 Å². The first kappa shape index (κ1) is 20.9. The number of imide groups is 1. The summed E-state index contributed by atoms with van der Waals surface area (Å²) >= 11 is 0.901. The Kier molecular flexibility index (Phi) is 6.96. The van der Waals surface area contributed by atoms with Crippen molar-refractivity contribution in [3.05, 3.63) is 40.8 Å². The molecular weight excluding hydrogens is 364 g/mol. The molecule has 1 N–H and O–H groups in total. The number of thioether (sulfide) groups is 1. The van der Waals surface area contributed by atoms with Gasteiger partial charge in [0.1, 0.15) is 5.78 Å². The first-order chi connectivity index (χ1) is 12.7. The second kappa shape index (κ2) is 8.99. The molecule has 0 bridgehead atoms. The zero-order valence-corrected chi connectivity index (χ0v) is 16.6. The fraction of sp³-hybridized carbons (Fsp3) is 0.400. The van der Waals surface area contributed by atoms with Gasteiger partial charge in [0.15, 0.2) is 0 Å². The Morgan fingerprint density at radius 2 is 1.85 bits per heavy atom. The van der Waals surface area contributed by atoms with E-state index in [0.29, 0.717) is 17.7 Å². The predicted octanol–water partition coefficient (Wildman–Crippen LogP) is 3.23. The summed E-state index contributed by atoms with van der Waals surface area (Å²) in [5, 5.41) is 2.41. The van der Waals surface area contributed by atoms with E-state index in [1.54, 1.807) is 19.9 Å². The van der Waals surface area contributed by atoms with Gasteiger partial charge in [0.2, 0.25) is 5.91 Å². The van der Waals surface area contributed by atoms with Crippen molar-refractivity contribution in [1.82, 2.24) is 10.2 Å². The summed E-state index contributed by atoms with van der Waals surface area (Å²) < 4.78 is 0. The molecule has 2 rings (SSSR count). The number of carbonyl (C=O) groups excluding carboxylic acids is 4. The lowest BCUT2D eigenvalue weighted by atomic mass is 9.86. The van der Waals surface area contributed by atoms with Crippen molar-refractivity contribution >= 4 is 40.7 Å². The van der Waals surface area contributed by atoms with Crippen LogP contribution < -0.4 is 5.32 Å². The van der Waals surface area contributed by atoms with Crippen molar-refractivity contribution in [3.8, 4) is 0 Å². The van der Waals surface area contributed by atoms with Crippen LogP contribution in [-0.2, 0) is 14.4 Å². The summed E-state index contributed by atoms with van der Waals surface area (Å²) in [6, 6.07) is 9.32. The van der Waals surface area contributed by atoms with Gasteiger partial charge in [-0.2, -0.15) is 0 Å². The number of hydrogen-bond acceptors (Lipinski definition) is 5. The minimum Gasteiger partial charge on any atom is -0.354 e. The number of carbonyl (C=O) groups is 4. The zero-order valence-electron chi connectivity index (χ0n) is 15.8. The summed E-state index contributed by atoms with van der Waals surface area (Å²) in [5.41, 5.74) is 0.168. The highest BCUT2D eigenvalue weighted by Crippen LogP contribution is 2.31. The molecule has 1 aromatic rings. The van der Waals surface area contributed by atoms with Crippen molar-refractivity contribution in [1.29, 1.82) is 0 Å². The number of Topliss-reactive ketones (excluding diaryl/α,β-unsaturated/α-hetero) is 1. The van der Waals surface area contributed by atoms with Crippen LogP contribution in [0.1, 0.15) is 39.2 Å². The summed E-state index contributed by atoms with van der Waals surface area (Å²) in [5.74, 6) is -0.506. The minimum absolute atomic E-state index is 0.0406. The number of amides is 3. The Morgan fingerprint density at radius 3 is 2.48 bits per heavy atom. The molecule has 6 nitrogen and oxygen atoms in total. The van der Waals surface area contributed by atoms with Gasteiger partial charge >= 0.3 is 0 Å². The molecule has 1 saturated heterocycles. The van der Waals surface area contributed by atoms with Crippen molar-refractivity contribution in [2.24, 2.45) is 5.41 Å². The Morgan fingerprint density at radius 1 is 1.19 bits per heavy atom. The minimum atomic E-state index is -0.683. The van der Waals surface area contributed by atoms with E-state index < -0.39 is 5.41 Å². The molecule has 0 atom stereocenters. The van der Waals surface area contributed by atoms with E-state index in [1.807, 2.05) is 30.3 Å². The number of ketones is 1. The van der Waals surface area contributed by atoms with E-state index in [0.717, 1.165) is 22.2 Å². The van der Waals surface area contributed by atoms with Crippen LogP contribution in [0.5, 0.6) is 0 Å². The Balaban J connectivity index is 1.90. The lowest BCUT2D eigenvalue weighted by Gasteiger charge is -2.23. The van der Waals surface area contributed by atoms with Crippen LogP contribution in [0.15, 0.2) is 35.2 Å². The normalized spacial score (nSPS) is 16.1. The molecule has 1 fully saturated rings. The summed E-state index contributed by atoms with van der Waals surface area (Å²) in [7, 11) is 0. The van der Waals surface area contributed by atoms with E-state index in [-0.39, 0.29) is 35.9 Å². The monoisotopic (exact) mass is 388 g/mol. The van der Waals surface area contributed by atoms with Crippen LogP contribution in [0, 0.1) is 5.41 Å². The molecule has 1 aliphatic heterocycles. The molecule has 0 saturated carbocycles. The molecule has 7 heteroatoms. The Labute approximate surface area is 163 Å². The lowest BCUT2D eigenvalue weighted by Crippen LogP contribution is -2.42. The maximum atomic E-state index is 12.4. The van der Waals surface area contributed by atoms with E-state index in [1.165, 1.54) is 6.92 Å². The maximum Gasteiger partial charge on any atom is 0.293 e. The fourth-order valence-electron chi connectivity index (χ4n) is 2.52. The molecule has 144 valence electrons. The first-order valence-corrected chi connectivity index (χ1v) is 9.60. The smallest absolute Gasteiger partial charge is 0.293 e. The van der Waals surface area contributed by atoms with Gasteiger partial charge in [-0.25, -0.2) is 0 Å². The van der Waals surface area contributed by atoms with Crippen LogP contribution in [0.25, 0.3) is 6.08 Å². The molecule has 0 aromatic heterocycles. The SMILES string of the molecule is CC(=O)CCC(C)(C)C(=O)NCCN1C(=O)S/C(=C/c2ccccc2)C1=O. The maximum absolute atomic E-state index is 12.4. The van der Waals surface area contributed by atoms with Crippen molar-refractivity contribution in [2.45, 2.75) is 33.6 Å². The van der Waals surface area contributed by atoms with Crippen LogP contribution in [-0.4, -0.2) is 40.8 Å². The van der Waals surface area contributed by atoms with Crippen LogP contribution in [0.3, 0.4) is 0 Å². The average molecular weight is 388 g/mol. The molecule has 0 radical (unpaired) electrons. The second-order valence-electron chi connectivity index (χ2n) is 7.09. The van der Waals surface area contributed by atoms with Gasteiger partial charge < -0.3 is 10.1 Å². The average Bonchev–Trinajstić information content (AvgIpc) is 2.88. The van der Waals surface area contributed by atoms with Gasteiger partial charge in [0, 0.05) is 24.9 Å².